The third-order valence-electron chi connectivity index (χ3n) is 3.05. The van der Waals surface area contributed by atoms with E-state index in [2.05, 4.69) is 25.6 Å². The van der Waals surface area contributed by atoms with Crippen LogP contribution < -0.4 is 16.4 Å². The maximum atomic E-state index is 6.09. The number of aryl methyl sites for hydroxylation is 1. The van der Waals surface area contributed by atoms with Crippen LogP contribution in [0, 0.1) is 6.92 Å². The molecule has 0 aromatic carbocycles. The fraction of sp³-hybridized carbons (Fsp3) is 0.133. The number of pyridine rings is 1. The molecular weight excluding hydrogens is 280 g/mol. The van der Waals surface area contributed by atoms with Gasteiger partial charge in [0.2, 0.25) is 0 Å². The van der Waals surface area contributed by atoms with E-state index in [0.29, 0.717) is 29.7 Å². The highest BCUT2D eigenvalue weighted by Crippen LogP contribution is 2.25. The zero-order valence-corrected chi connectivity index (χ0v) is 12.1. The summed E-state index contributed by atoms with van der Waals surface area (Å²) in [5.74, 6) is 2.52. The summed E-state index contributed by atoms with van der Waals surface area (Å²) in [5, 5.41) is 6.20. The lowest BCUT2D eigenvalue weighted by molar-refractivity contribution is 0.518. The number of anilines is 4. The van der Waals surface area contributed by atoms with E-state index in [1.807, 2.05) is 31.2 Å². The first kappa shape index (κ1) is 13.9. The molecule has 112 valence electrons. The highest BCUT2D eigenvalue weighted by molar-refractivity contribution is 5.76. The van der Waals surface area contributed by atoms with Crippen molar-refractivity contribution < 1.29 is 4.42 Å². The van der Waals surface area contributed by atoms with E-state index in [-0.39, 0.29) is 0 Å². The molecule has 7 nitrogen and oxygen atoms in total. The van der Waals surface area contributed by atoms with Crippen molar-refractivity contribution in [2.45, 2.75) is 13.5 Å². The topological polar surface area (TPSA) is 102 Å². The summed E-state index contributed by atoms with van der Waals surface area (Å²) < 4.78 is 5.26. The lowest BCUT2D eigenvalue weighted by Gasteiger charge is -2.11. The predicted octanol–water partition coefficient (Wildman–Crippen LogP) is 2.71. The number of nitrogens with zero attached hydrogens (tertiary/aromatic N) is 3. The van der Waals surface area contributed by atoms with E-state index in [1.165, 1.54) is 6.33 Å². The number of aromatic nitrogens is 3. The predicted molar refractivity (Wildman–Crippen MR) is 84.7 cm³/mol. The van der Waals surface area contributed by atoms with Crippen LogP contribution in [-0.4, -0.2) is 15.0 Å². The molecule has 3 aromatic rings. The maximum Gasteiger partial charge on any atom is 0.160 e. The molecule has 0 amide bonds. The van der Waals surface area contributed by atoms with Crippen molar-refractivity contribution >= 4 is 23.1 Å². The molecule has 0 aliphatic rings. The van der Waals surface area contributed by atoms with E-state index >= 15 is 0 Å². The Morgan fingerprint density at radius 3 is 2.73 bits per heavy atom. The highest BCUT2D eigenvalue weighted by atomic mass is 16.3. The van der Waals surface area contributed by atoms with Crippen molar-refractivity contribution in [3.8, 4) is 0 Å². The molecule has 0 saturated heterocycles. The molecule has 0 aliphatic heterocycles. The summed E-state index contributed by atoms with van der Waals surface area (Å²) in [5.41, 5.74) is 7.60. The van der Waals surface area contributed by atoms with Crippen LogP contribution in [0.2, 0.25) is 0 Å². The number of rotatable bonds is 5. The summed E-state index contributed by atoms with van der Waals surface area (Å²) in [4.78, 5) is 12.6. The second-order valence-electron chi connectivity index (χ2n) is 4.76. The zero-order valence-electron chi connectivity index (χ0n) is 12.1. The SMILES string of the molecule is Cc1ccc(Nc2ncnc(NCc3ccco3)c2N)nc1. The van der Waals surface area contributed by atoms with Gasteiger partial charge in [-0.1, -0.05) is 6.07 Å². The third-order valence-corrected chi connectivity index (χ3v) is 3.05. The minimum Gasteiger partial charge on any atom is -0.467 e. The van der Waals surface area contributed by atoms with Gasteiger partial charge in [0.25, 0.3) is 0 Å². The monoisotopic (exact) mass is 296 g/mol. The van der Waals surface area contributed by atoms with Crippen LogP contribution >= 0.6 is 0 Å². The van der Waals surface area contributed by atoms with Gasteiger partial charge in [0, 0.05) is 6.20 Å². The van der Waals surface area contributed by atoms with E-state index < -0.39 is 0 Å². The van der Waals surface area contributed by atoms with E-state index in [1.54, 1.807) is 12.5 Å². The van der Waals surface area contributed by atoms with Crippen LogP contribution in [-0.2, 0) is 6.54 Å². The lowest BCUT2D eigenvalue weighted by Crippen LogP contribution is -2.08. The normalized spacial score (nSPS) is 10.4. The number of furan rings is 1. The Labute approximate surface area is 127 Å². The Kier molecular flexibility index (Phi) is 3.86. The molecule has 0 fully saturated rings. The minimum absolute atomic E-state index is 0.427. The van der Waals surface area contributed by atoms with Gasteiger partial charge in [-0.2, -0.15) is 0 Å². The molecule has 0 radical (unpaired) electrons. The molecule has 3 rings (SSSR count). The molecular formula is C15H16N6O. The number of nitrogens with one attached hydrogen (secondary N) is 2. The number of nitrogen functional groups attached to an aromatic ring is 1. The van der Waals surface area contributed by atoms with Crippen LogP contribution in [0.1, 0.15) is 11.3 Å². The summed E-state index contributed by atoms with van der Waals surface area (Å²) in [6.45, 7) is 2.48. The summed E-state index contributed by atoms with van der Waals surface area (Å²) in [6.07, 6.45) is 4.84. The number of nitrogens with two attached hydrogens (primary N) is 1. The summed E-state index contributed by atoms with van der Waals surface area (Å²) >= 11 is 0. The molecule has 4 N–H and O–H groups in total. The maximum absolute atomic E-state index is 6.09. The van der Waals surface area contributed by atoms with Crippen LogP contribution in [0.4, 0.5) is 23.1 Å². The number of hydrogen-bond acceptors (Lipinski definition) is 7. The number of hydrogen-bond donors (Lipinski definition) is 3. The van der Waals surface area contributed by atoms with Crippen molar-refractivity contribution in [3.05, 3.63) is 54.4 Å². The Balaban J connectivity index is 1.75. The van der Waals surface area contributed by atoms with Crippen LogP contribution in [0.25, 0.3) is 0 Å². The lowest BCUT2D eigenvalue weighted by atomic mass is 10.3. The van der Waals surface area contributed by atoms with Crippen molar-refractivity contribution in [3.63, 3.8) is 0 Å². The summed E-state index contributed by atoms with van der Waals surface area (Å²) in [6, 6.07) is 7.53. The first-order valence-electron chi connectivity index (χ1n) is 6.79. The molecule has 22 heavy (non-hydrogen) atoms. The van der Waals surface area contributed by atoms with E-state index in [0.717, 1.165) is 11.3 Å². The second kappa shape index (κ2) is 6.13. The highest BCUT2D eigenvalue weighted by Gasteiger charge is 2.09. The fourth-order valence-electron chi connectivity index (χ4n) is 1.88. The van der Waals surface area contributed by atoms with E-state index in [9.17, 15) is 0 Å². The summed E-state index contributed by atoms with van der Waals surface area (Å²) in [7, 11) is 0. The fourth-order valence-corrected chi connectivity index (χ4v) is 1.88. The first-order valence-corrected chi connectivity index (χ1v) is 6.79. The van der Waals surface area contributed by atoms with Gasteiger partial charge in [0.15, 0.2) is 11.6 Å². The van der Waals surface area contributed by atoms with E-state index in [4.69, 9.17) is 10.2 Å². The Morgan fingerprint density at radius 1 is 1.14 bits per heavy atom. The molecule has 0 aliphatic carbocycles. The standard InChI is InChI=1S/C15H16N6O/c1-10-4-5-12(17-7-10)21-15-13(16)14(19-9-20-15)18-8-11-3-2-6-22-11/h2-7,9H,8,16H2,1H3,(H2,17,18,19,20,21). The van der Waals surface area contributed by atoms with Crippen LogP contribution in [0.15, 0.2) is 47.5 Å². The van der Waals surface area contributed by atoms with Gasteiger partial charge in [-0.3, -0.25) is 0 Å². The molecule has 0 unspecified atom stereocenters. The van der Waals surface area contributed by atoms with Crippen LogP contribution in [0.5, 0.6) is 0 Å². The minimum atomic E-state index is 0.427. The molecule has 0 bridgehead atoms. The Morgan fingerprint density at radius 2 is 2.00 bits per heavy atom. The average molecular weight is 296 g/mol. The van der Waals surface area contributed by atoms with Crippen molar-refractivity contribution in [1.29, 1.82) is 0 Å². The smallest absolute Gasteiger partial charge is 0.160 e. The van der Waals surface area contributed by atoms with Gasteiger partial charge in [-0.25, -0.2) is 15.0 Å². The van der Waals surface area contributed by atoms with Gasteiger partial charge in [0.05, 0.1) is 12.8 Å². The molecule has 3 aromatic heterocycles. The molecule has 0 atom stereocenters. The Bertz CT molecular complexity index is 739. The van der Waals surface area contributed by atoms with Gasteiger partial charge in [-0.05, 0) is 30.7 Å². The quantitative estimate of drug-likeness (QED) is 0.665. The second-order valence-corrected chi connectivity index (χ2v) is 4.76. The molecule has 3 heterocycles. The van der Waals surface area contributed by atoms with Gasteiger partial charge < -0.3 is 20.8 Å². The first-order chi connectivity index (χ1) is 10.7. The van der Waals surface area contributed by atoms with Crippen molar-refractivity contribution in [1.82, 2.24) is 15.0 Å². The third kappa shape index (κ3) is 3.14. The Hall–Kier alpha value is -3.09. The van der Waals surface area contributed by atoms with Gasteiger partial charge in [0.1, 0.15) is 23.6 Å². The zero-order chi connectivity index (χ0) is 15.4. The molecule has 7 heteroatoms. The molecule has 0 saturated carbocycles. The average Bonchev–Trinajstić information content (AvgIpc) is 3.04. The van der Waals surface area contributed by atoms with Crippen LogP contribution in [0.3, 0.4) is 0 Å². The van der Waals surface area contributed by atoms with Gasteiger partial charge in [-0.15, -0.1) is 0 Å². The molecule has 0 spiro atoms. The van der Waals surface area contributed by atoms with Crippen molar-refractivity contribution in [2.75, 3.05) is 16.4 Å². The largest absolute Gasteiger partial charge is 0.467 e. The van der Waals surface area contributed by atoms with Gasteiger partial charge >= 0.3 is 0 Å². The van der Waals surface area contributed by atoms with Crippen molar-refractivity contribution in [2.24, 2.45) is 0 Å².